The van der Waals surface area contributed by atoms with Gasteiger partial charge in [0, 0.05) is 0 Å². The van der Waals surface area contributed by atoms with Gasteiger partial charge in [-0.25, -0.2) is 9.29 Å². The van der Waals surface area contributed by atoms with Crippen LogP contribution in [0.3, 0.4) is 0 Å². The Morgan fingerprint density at radius 3 is 2.48 bits per heavy atom. The summed E-state index contributed by atoms with van der Waals surface area (Å²) in [6.45, 7) is 0.146. The van der Waals surface area contributed by atoms with Crippen molar-refractivity contribution in [1.29, 1.82) is 0 Å². The fourth-order valence-corrected chi connectivity index (χ4v) is 3.14. The van der Waals surface area contributed by atoms with Crippen molar-refractivity contribution in [3.63, 3.8) is 0 Å². The van der Waals surface area contributed by atoms with Gasteiger partial charge in [0.2, 0.25) is 11.8 Å². The third-order valence-corrected chi connectivity index (χ3v) is 4.13. The van der Waals surface area contributed by atoms with Crippen LogP contribution in [0.5, 0.6) is 0 Å². The van der Waals surface area contributed by atoms with Gasteiger partial charge >= 0.3 is 0 Å². The third-order valence-electron chi connectivity index (χ3n) is 4.13. The maximum absolute atomic E-state index is 14.0. The molecule has 1 saturated heterocycles. The quantitative estimate of drug-likeness (QED) is 0.627. The van der Waals surface area contributed by atoms with Gasteiger partial charge in [-0.3, -0.25) is 9.59 Å². The maximum Gasteiger partial charge on any atom is 0.237 e. The molecule has 5 heteroatoms. The predicted molar refractivity (Wildman–Crippen MR) is 75.7 cm³/mol. The van der Waals surface area contributed by atoms with Gasteiger partial charge in [0.05, 0.1) is 29.6 Å². The normalized spacial score (nSPS) is 24.0. The second-order valence-electron chi connectivity index (χ2n) is 5.33. The predicted octanol–water partition coefficient (Wildman–Crippen LogP) is 1.43. The number of carbonyl (C=O) groups is 2. The summed E-state index contributed by atoms with van der Waals surface area (Å²) >= 11 is 0. The zero-order valence-electron chi connectivity index (χ0n) is 11.4. The molecule has 2 aliphatic rings. The summed E-state index contributed by atoms with van der Waals surface area (Å²) in [6.07, 6.45) is 2.39. The summed E-state index contributed by atoms with van der Waals surface area (Å²) in [6, 6.07) is 4.22. The van der Waals surface area contributed by atoms with Gasteiger partial charge in [-0.1, -0.05) is 18.3 Å². The molecule has 1 aromatic carbocycles. The van der Waals surface area contributed by atoms with Gasteiger partial charge in [0.1, 0.15) is 5.82 Å². The SMILES string of the molecule is NCC#Cc1ccc(N2C(=O)C3CCCC3C2=O)cc1F. The Kier molecular flexibility index (Phi) is 3.48. The van der Waals surface area contributed by atoms with E-state index in [1.165, 1.54) is 12.1 Å². The molecule has 0 bridgehead atoms. The number of amides is 2. The van der Waals surface area contributed by atoms with E-state index in [4.69, 9.17) is 5.73 Å². The van der Waals surface area contributed by atoms with E-state index in [0.717, 1.165) is 24.2 Å². The maximum atomic E-state index is 14.0. The molecule has 1 aliphatic carbocycles. The second kappa shape index (κ2) is 5.30. The fraction of sp³-hybridized carbons (Fsp3) is 0.375. The molecule has 0 spiro atoms. The largest absolute Gasteiger partial charge is 0.320 e. The first-order valence-corrected chi connectivity index (χ1v) is 7.00. The topological polar surface area (TPSA) is 63.4 Å². The van der Waals surface area contributed by atoms with Gasteiger partial charge in [-0.05, 0) is 31.0 Å². The summed E-state index contributed by atoms with van der Waals surface area (Å²) in [5, 5.41) is 0. The Balaban J connectivity index is 1.93. The summed E-state index contributed by atoms with van der Waals surface area (Å²) < 4.78 is 14.0. The fourth-order valence-electron chi connectivity index (χ4n) is 3.14. The lowest BCUT2D eigenvalue weighted by molar-refractivity contribution is -0.122. The molecule has 1 aromatic rings. The molecule has 2 amide bonds. The number of benzene rings is 1. The van der Waals surface area contributed by atoms with Crippen molar-refractivity contribution >= 4 is 17.5 Å². The van der Waals surface area contributed by atoms with Gasteiger partial charge < -0.3 is 5.73 Å². The Bertz CT molecular complexity index is 653. The van der Waals surface area contributed by atoms with E-state index in [9.17, 15) is 14.0 Å². The van der Waals surface area contributed by atoms with Gasteiger partial charge in [0.15, 0.2) is 0 Å². The summed E-state index contributed by atoms with van der Waals surface area (Å²) in [4.78, 5) is 25.7. The molecule has 1 saturated carbocycles. The van der Waals surface area contributed by atoms with E-state index >= 15 is 0 Å². The van der Waals surface area contributed by atoms with Crippen LogP contribution in [0.2, 0.25) is 0 Å². The van der Waals surface area contributed by atoms with Crippen LogP contribution in [0.25, 0.3) is 0 Å². The highest BCUT2D eigenvalue weighted by Gasteiger charge is 2.50. The number of anilines is 1. The molecule has 1 aliphatic heterocycles. The van der Waals surface area contributed by atoms with Crippen molar-refractivity contribution in [2.45, 2.75) is 19.3 Å². The summed E-state index contributed by atoms with van der Waals surface area (Å²) in [7, 11) is 0. The molecule has 2 fully saturated rings. The average Bonchev–Trinajstić information content (AvgIpc) is 3.03. The molecule has 2 N–H and O–H groups in total. The number of halogens is 1. The molecule has 1 heterocycles. The van der Waals surface area contributed by atoms with Crippen LogP contribution in [0.15, 0.2) is 18.2 Å². The average molecular weight is 286 g/mol. The first-order valence-electron chi connectivity index (χ1n) is 7.00. The number of nitrogens with zero attached hydrogens (tertiary/aromatic N) is 1. The van der Waals surface area contributed by atoms with Crippen molar-refractivity contribution in [3.8, 4) is 11.8 Å². The number of fused-ring (bicyclic) bond motifs is 1. The first-order chi connectivity index (χ1) is 10.1. The van der Waals surface area contributed by atoms with Crippen LogP contribution in [0.1, 0.15) is 24.8 Å². The van der Waals surface area contributed by atoms with E-state index in [-0.39, 0.29) is 41.4 Å². The smallest absolute Gasteiger partial charge is 0.237 e. The zero-order chi connectivity index (χ0) is 15.0. The number of imide groups is 1. The van der Waals surface area contributed by atoms with Crippen LogP contribution in [0.4, 0.5) is 10.1 Å². The van der Waals surface area contributed by atoms with Gasteiger partial charge in [-0.15, -0.1) is 0 Å². The molecule has 4 nitrogen and oxygen atoms in total. The highest BCUT2D eigenvalue weighted by Crippen LogP contribution is 2.41. The highest BCUT2D eigenvalue weighted by molar-refractivity contribution is 6.22. The van der Waals surface area contributed by atoms with Gasteiger partial charge in [0.25, 0.3) is 0 Å². The van der Waals surface area contributed by atoms with Crippen molar-refractivity contribution in [1.82, 2.24) is 0 Å². The van der Waals surface area contributed by atoms with Crippen LogP contribution in [-0.2, 0) is 9.59 Å². The van der Waals surface area contributed by atoms with Crippen LogP contribution < -0.4 is 10.6 Å². The standard InChI is InChI=1S/C16H15FN2O2/c17-14-9-11(7-6-10(14)3-2-8-18)19-15(20)12-4-1-5-13(12)16(19)21/h6-7,9,12-13H,1,4-5,8,18H2. The number of carbonyl (C=O) groups excluding carboxylic acids is 2. The van der Waals surface area contributed by atoms with Crippen molar-refractivity contribution < 1.29 is 14.0 Å². The van der Waals surface area contributed by atoms with E-state index in [1.807, 2.05) is 0 Å². The Hall–Kier alpha value is -2.19. The lowest BCUT2D eigenvalue weighted by Crippen LogP contribution is -2.31. The minimum absolute atomic E-state index is 0.146. The van der Waals surface area contributed by atoms with Crippen molar-refractivity contribution in [2.24, 2.45) is 17.6 Å². The number of hydrogen-bond acceptors (Lipinski definition) is 3. The van der Waals surface area contributed by atoms with Crippen molar-refractivity contribution in [3.05, 3.63) is 29.6 Å². The highest BCUT2D eigenvalue weighted by atomic mass is 19.1. The number of hydrogen-bond donors (Lipinski definition) is 1. The zero-order valence-corrected chi connectivity index (χ0v) is 11.4. The molecule has 108 valence electrons. The molecular weight excluding hydrogens is 271 g/mol. The van der Waals surface area contributed by atoms with E-state index in [2.05, 4.69) is 11.8 Å². The number of rotatable bonds is 1. The van der Waals surface area contributed by atoms with Crippen molar-refractivity contribution in [2.75, 3.05) is 11.4 Å². The van der Waals surface area contributed by atoms with Crippen LogP contribution in [0, 0.1) is 29.5 Å². The minimum atomic E-state index is -0.550. The molecule has 0 aromatic heterocycles. The Labute approximate surface area is 122 Å². The minimum Gasteiger partial charge on any atom is -0.320 e. The Morgan fingerprint density at radius 2 is 1.90 bits per heavy atom. The first kappa shape index (κ1) is 13.8. The Morgan fingerprint density at radius 1 is 1.24 bits per heavy atom. The molecule has 21 heavy (non-hydrogen) atoms. The monoisotopic (exact) mass is 286 g/mol. The van der Waals surface area contributed by atoms with Gasteiger partial charge in [-0.2, -0.15) is 0 Å². The van der Waals surface area contributed by atoms with Crippen LogP contribution in [-0.4, -0.2) is 18.4 Å². The van der Waals surface area contributed by atoms with E-state index in [0.29, 0.717) is 0 Å². The number of nitrogens with two attached hydrogens (primary N) is 1. The molecule has 3 rings (SSSR count). The molecular formula is C16H15FN2O2. The summed E-state index contributed by atoms with van der Waals surface area (Å²) in [5.74, 6) is 3.78. The van der Waals surface area contributed by atoms with E-state index < -0.39 is 5.82 Å². The lowest BCUT2D eigenvalue weighted by Gasteiger charge is -2.16. The second-order valence-corrected chi connectivity index (χ2v) is 5.33. The molecule has 0 radical (unpaired) electrons. The lowest BCUT2D eigenvalue weighted by atomic mass is 10.00. The molecule has 2 atom stereocenters. The third kappa shape index (κ3) is 2.22. The molecule has 2 unspecified atom stereocenters. The van der Waals surface area contributed by atoms with Crippen LogP contribution >= 0.6 is 0 Å². The summed E-state index contributed by atoms with van der Waals surface area (Å²) in [5.41, 5.74) is 5.75. The van der Waals surface area contributed by atoms with E-state index in [1.54, 1.807) is 6.07 Å².